The maximum Gasteiger partial charge on any atom is 0.245 e. The number of carbonyl (C=O) groups excluding carboxylic acids is 1. The van der Waals surface area contributed by atoms with Gasteiger partial charge in [-0.3, -0.25) is 4.79 Å². The molecular weight excluding hydrogens is 233 g/mol. The summed E-state index contributed by atoms with van der Waals surface area (Å²) in [6, 6.07) is 6.33. The predicted octanol–water partition coefficient (Wildman–Crippen LogP) is 1.41. The molecule has 1 saturated heterocycles. The van der Waals surface area contributed by atoms with E-state index in [1.54, 1.807) is 30.9 Å². The van der Waals surface area contributed by atoms with Crippen molar-refractivity contribution in [1.82, 2.24) is 5.32 Å². The van der Waals surface area contributed by atoms with E-state index in [9.17, 15) is 9.18 Å². The summed E-state index contributed by atoms with van der Waals surface area (Å²) in [6.45, 7) is 4.56. The first-order valence-electron chi connectivity index (χ1n) is 5.73. The van der Waals surface area contributed by atoms with Crippen LogP contribution in [0.4, 0.5) is 10.1 Å². The Hall–Kier alpha value is -2.09. The van der Waals surface area contributed by atoms with Crippen LogP contribution in [0.15, 0.2) is 18.2 Å². The van der Waals surface area contributed by atoms with Gasteiger partial charge in [-0.2, -0.15) is 5.26 Å². The smallest absolute Gasteiger partial charge is 0.245 e. The van der Waals surface area contributed by atoms with E-state index in [1.807, 2.05) is 6.07 Å². The molecule has 1 aromatic rings. The minimum atomic E-state index is -0.794. The lowest BCUT2D eigenvalue weighted by atomic mass is 9.96. The third-order valence-corrected chi connectivity index (χ3v) is 3.25. The van der Waals surface area contributed by atoms with Gasteiger partial charge in [0.05, 0.1) is 5.69 Å². The fourth-order valence-electron chi connectivity index (χ4n) is 2.17. The van der Waals surface area contributed by atoms with Crippen LogP contribution in [0.1, 0.15) is 19.4 Å². The van der Waals surface area contributed by atoms with Gasteiger partial charge in [0.15, 0.2) is 0 Å². The number of amides is 1. The highest BCUT2D eigenvalue weighted by molar-refractivity contribution is 5.90. The van der Waals surface area contributed by atoms with Crippen LogP contribution in [0, 0.1) is 17.1 Å². The lowest BCUT2D eigenvalue weighted by Gasteiger charge is -2.43. The normalized spacial score (nSPS) is 18.1. The number of hydrogen-bond acceptors (Lipinski definition) is 3. The molecule has 0 saturated carbocycles. The summed E-state index contributed by atoms with van der Waals surface area (Å²) in [5.74, 6) is -0.682. The number of nitriles is 1. The molecule has 1 N–H and O–H groups in total. The van der Waals surface area contributed by atoms with E-state index in [4.69, 9.17) is 5.26 Å². The van der Waals surface area contributed by atoms with E-state index in [-0.39, 0.29) is 11.5 Å². The molecule has 0 bridgehead atoms. The van der Waals surface area contributed by atoms with Crippen LogP contribution in [0.2, 0.25) is 0 Å². The molecule has 0 aliphatic carbocycles. The molecule has 1 aliphatic rings. The van der Waals surface area contributed by atoms with Crippen molar-refractivity contribution in [1.29, 1.82) is 5.26 Å². The first-order chi connectivity index (χ1) is 8.48. The maximum atomic E-state index is 13.6. The summed E-state index contributed by atoms with van der Waals surface area (Å²) >= 11 is 0. The highest BCUT2D eigenvalue weighted by Gasteiger charge is 2.38. The van der Waals surface area contributed by atoms with Gasteiger partial charge in [-0.15, -0.1) is 0 Å². The second-order valence-corrected chi connectivity index (χ2v) is 4.71. The monoisotopic (exact) mass is 247 g/mol. The van der Waals surface area contributed by atoms with Gasteiger partial charge < -0.3 is 10.2 Å². The van der Waals surface area contributed by atoms with Gasteiger partial charge in [-0.05, 0) is 26.0 Å². The van der Waals surface area contributed by atoms with E-state index >= 15 is 0 Å². The number of halogens is 1. The quantitative estimate of drug-likeness (QED) is 0.816. The number of carbonyl (C=O) groups is 1. The van der Waals surface area contributed by atoms with Crippen molar-refractivity contribution in [2.24, 2.45) is 0 Å². The Balaban J connectivity index is 2.52. The average molecular weight is 247 g/mol. The minimum Gasteiger partial charge on any atom is -0.355 e. The second-order valence-electron chi connectivity index (χ2n) is 4.71. The summed E-state index contributed by atoms with van der Waals surface area (Å²) in [5, 5.41) is 11.8. The van der Waals surface area contributed by atoms with Crippen molar-refractivity contribution < 1.29 is 9.18 Å². The number of nitrogens with zero attached hydrogens (tertiary/aromatic N) is 2. The van der Waals surface area contributed by atoms with E-state index in [1.165, 1.54) is 6.07 Å². The third-order valence-electron chi connectivity index (χ3n) is 3.25. The fourth-order valence-corrected chi connectivity index (χ4v) is 2.17. The molecule has 1 aromatic carbocycles. The number of anilines is 1. The van der Waals surface area contributed by atoms with Gasteiger partial charge >= 0.3 is 0 Å². The Labute approximate surface area is 105 Å². The molecule has 1 aliphatic heterocycles. The molecule has 1 amide bonds. The zero-order chi connectivity index (χ0) is 13.3. The Kier molecular flexibility index (Phi) is 2.95. The molecule has 0 radical (unpaired) electrons. The second kappa shape index (κ2) is 4.30. The van der Waals surface area contributed by atoms with Crippen LogP contribution in [0.5, 0.6) is 0 Å². The number of rotatable bonds is 1. The molecule has 0 unspecified atom stereocenters. The number of nitrogens with one attached hydrogen (secondary N) is 1. The van der Waals surface area contributed by atoms with Crippen LogP contribution in [-0.4, -0.2) is 24.5 Å². The predicted molar refractivity (Wildman–Crippen MR) is 65.5 cm³/mol. The zero-order valence-electron chi connectivity index (χ0n) is 10.3. The van der Waals surface area contributed by atoms with E-state index in [2.05, 4.69) is 5.32 Å². The Morgan fingerprint density at radius 2 is 2.22 bits per heavy atom. The van der Waals surface area contributed by atoms with Gasteiger partial charge in [0.1, 0.15) is 23.0 Å². The molecule has 94 valence electrons. The Morgan fingerprint density at radius 1 is 1.50 bits per heavy atom. The van der Waals surface area contributed by atoms with Crippen molar-refractivity contribution >= 4 is 11.6 Å². The van der Waals surface area contributed by atoms with Gasteiger partial charge in [-0.1, -0.05) is 6.07 Å². The summed E-state index contributed by atoms with van der Waals surface area (Å²) in [7, 11) is 0. The topological polar surface area (TPSA) is 56.1 Å². The summed E-state index contributed by atoms with van der Waals surface area (Å²) < 4.78 is 13.6. The Morgan fingerprint density at radius 3 is 2.89 bits per heavy atom. The van der Waals surface area contributed by atoms with Crippen LogP contribution in [0.25, 0.3) is 0 Å². The van der Waals surface area contributed by atoms with Crippen molar-refractivity contribution in [3.05, 3.63) is 29.6 Å². The average Bonchev–Trinajstić information content (AvgIpc) is 2.32. The summed E-state index contributed by atoms with van der Waals surface area (Å²) in [6.07, 6.45) is 0. The van der Waals surface area contributed by atoms with E-state index in [0.29, 0.717) is 18.8 Å². The standard InChI is InChI=1S/C13H14FN3O/c1-13(2)12(18)16-6-7-17(13)11-5-3-4-10(14)9(11)8-15/h3-5H,6-7H2,1-2H3,(H,16,18). The molecule has 18 heavy (non-hydrogen) atoms. The van der Waals surface area contributed by atoms with Crippen molar-refractivity contribution in [3.8, 4) is 6.07 Å². The molecule has 0 atom stereocenters. The van der Waals surface area contributed by atoms with Crippen molar-refractivity contribution in [2.45, 2.75) is 19.4 Å². The van der Waals surface area contributed by atoms with Crippen LogP contribution in [-0.2, 0) is 4.79 Å². The maximum absolute atomic E-state index is 13.6. The highest BCUT2D eigenvalue weighted by Crippen LogP contribution is 2.30. The van der Waals surface area contributed by atoms with Crippen LogP contribution >= 0.6 is 0 Å². The molecular formula is C13H14FN3O. The zero-order valence-corrected chi connectivity index (χ0v) is 10.3. The lowest BCUT2D eigenvalue weighted by Crippen LogP contribution is -2.62. The van der Waals surface area contributed by atoms with Crippen molar-refractivity contribution in [3.63, 3.8) is 0 Å². The Bertz CT molecular complexity index is 534. The van der Waals surface area contributed by atoms with E-state index < -0.39 is 11.4 Å². The van der Waals surface area contributed by atoms with Gasteiger partial charge in [0.25, 0.3) is 0 Å². The molecule has 2 rings (SSSR count). The molecule has 4 nitrogen and oxygen atoms in total. The fraction of sp³-hybridized carbons (Fsp3) is 0.385. The third kappa shape index (κ3) is 1.80. The molecule has 0 aromatic heterocycles. The SMILES string of the molecule is CC1(C)C(=O)NCCN1c1cccc(F)c1C#N. The van der Waals surface area contributed by atoms with Gasteiger partial charge in [0, 0.05) is 13.1 Å². The van der Waals surface area contributed by atoms with Gasteiger partial charge in [0.2, 0.25) is 5.91 Å². The minimum absolute atomic E-state index is 0.0136. The number of piperazine rings is 1. The lowest BCUT2D eigenvalue weighted by molar-refractivity contribution is -0.126. The summed E-state index contributed by atoms with van der Waals surface area (Å²) in [4.78, 5) is 13.6. The van der Waals surface area contributed by atoms with Crippen LogP contribution in [0.3, 0.4) is 0 Å². The molecule has 1 fully saturated rings. The van der Waals surface area contributed by atoms with E-state index in [0.717, 1.165) is 0 Å². The van der Waals surface area contributed by atoms with Gasteiger partial charge in [-0.25, -0.2) is 4.39 Å². The largest absolute Gasteiger partial charge is 0.355 e. The number of hydrogen-bond donors (Lipinski definition) is 1. The molecule has 0 spiro atoms. The first kappa shape index (κ1) is 12.4. The highest BCUT2D eigenvalue weighted by atomic mass is 19.1. The first-order valence-corrected chi connectivity index (χ1v) is 5.73. The van der Waals surface area contributed by atoms with Crippen LogP contribution < -0.4 is 10.2 Å². The van der Waals surface area contributed by atoms with Crippen molar-refractivity contribution in [2.75, 3.05) is 18.0 Å². The molecule has 1 heterocycles. The summed E-state index contributed by atoms with van der Waals surface area (Å²) in [5.41, 5.74) is -0.338. The molecule has 5 heteroatoms. The number of benzene rings is 1.